The average Bonchev–Trinajstić information content (AvgIpc) is 2.14. The molecule has 0 aromatic rings. The molecular formula is C10H19NO4. The van der Waals surface area contributed by atoms with E-state index in [9.17, 15) is 9.59 Å². The van der Waals surface area contributed by atoms with Gasteiger partial charge in [0.2, 0.25) is 5.91 Å². The van der Waals surface area contributed by atoms with Crippen molar-refractivity contribution in [1.82, 2.24) is 5.32 Å². The van der Waals surface area contributed by atoms with Crippen molar-refractivity contribution < 1.29 is 19.4 Å². The number of carboxylic acids is 1. The van der Waals surface area contributed by atoms with Crippen LogP contribution in [0.15, 0.2) is 0 Å². The molecule has 0 fully saturated rings. The Morgan fingerprint density at radius 2 is 2.00 bits per heavy atom. The maximum absolute atomic E-state index is 11.3. The molecule has 0 bridgehead atoms. The van der Waals surface area contributed by atoms with E-state index in [1.807, 2.05) is 6.92 Å². The van der Waals surface area contributed by atoms with Crippen LogP contribution in [-0.4, -0.2) is 37.2 Å². The van der Waals surface area contributed by atoms with Crippen LogP contribution in [0.4, 0.5) is 0 Å². The van der Waals surface area contributed by atoms with E-state index in [0.29, 0.717) is 13.0 Å². The summed E-state index contributed by atoms with van der Waals surface area (Å²) < 4.78 is 4.89. The van der Waals surface area contributed by atoms with Crippen molar-refractivity contribution in [2.24, 2.45) is 11.8 Å². The fraction of sp³-hybridized carbons (Fsp3) is 0.800. The van der Waals surface area contributed by atoms with Crippen molar-refractivity contribution in [2.45, 2.75) is 20.3 Å². The van der Waals surface area contributed by atoms with Crippen LogP contribution in [0.25, 0.3) is 0 Å². The molecule has 0 saturated heterocycles. The Kier molecular flexibility index (Phi) is 6.70. The summed E-state index contributed by atoms with van der Waals surface area (Å²) in [7, 11) is 1.58. The first kappa shape index (κ1) is 13.9. The molecule has 88 valence electrons. The number of nitrogens with one attached hydrogen (secondary N) is 1. The minimum atomic E-state index is -0.903. The molecule has 2 N–H and O–H groups in total. The summed E-state index contributed by atoms with van der Waals surface area (Å²) in [5.74, 6) is -1.44. The molecule has 2 unspecified atom stereocenters. The summed E-state index contributed by atoms with van der Waals surface area (Å²) in [6.07, 6.45) is 0.361. The largest absolute Gasteiger partial charge is 0.481 e. The Labute approximate surface area is 89.8 Å². The second kappa shape index (κ2) is 7.23. The minimum Gasteiger partial charge on any atom is -0.481 e. The van der Waals surface area contributed by atoms with Gasteiger partial charge < -0.3 is 15.2 Å². The summed E-state index contributed by atoms with van der Waals surface area (Å²) in [6, 6.07) is 0. The summed E-state index contributed by atoms with van der Waals surface area (Å²) in [4.78, 5) is 21.8. The van der Waals surface area contributed by atoms with Crippen LogP contribution < -0.4 is 5.32 Å². The van der Waals surface area contributed by atoms with E-state index >= 15 is 0 Å². The third-order valence-corrected chi connectivity index (χ3v) is 2.01. The lowest BCUT2D eigenvalue weighted by Crippen LogP contribution is -2.32. The fourth-order valence-electron chi connectivity index (χ4n) is 1.09. The highest BCUT2D eigenvalue weighted by Gasteiger charge is 2.13. The van der Waals surface area contributed by atoms with Gasteiger partial charge in [-0.1, -0.05) is 13.8 Å². The Bertz CT molecular complexity index is 217. The van der Waals surface area contributed by atoms with E-state index in [-0.39, 0.29) is 18.4 Å². The van der Waals surface area contributed by atoms with E-state index in [0.717, 1.165) is 0 Å². The van der Waals surface area contributed by atoms with E-state index < -0.39 is 11.9 Å². The number of carbonyl (C=O) groups is 2. The van der Waals surface area contributed by atoms with Gasteiger partial charge in [-0.15, -0.1) is 0 Å². The molecule has 0 saturated carbocycles. The van der Waals surface area contributed by atoms with Crippen LogP contribution in [0.5, 0.6) is 0 Å². The molecular weight excluding hydrogens is 198 g/mol. The monoisotopic (exact) mass is 217 g/mol. The Hall–Kier alpha value is -1.10. The Balaban J connectivity index is 3.70. The molecule has 0 aromatic heterocycles. The van der Waals surface area contributed by atoms with Crippen LogP contribution >= 0.6 is 0 Å². The predicted molar refractivity (Wildman–Crippen MR) is 55.5 cm³/mol. The number of hydrogen-bond acceptors (Lipinski definition) is 3. The van der Waals surface area contributed by atoms with Gasteiger partial charge in [-0.3, -0.25) is 9.59 Å². The van der Waals surface area contributed by atoms with Gasteiger partial charge in [-0.05, 0) is 5.92 Å². The lowest BCUT2D eigenvalue weighted by atomic mass is 10.1. The zero-order valence-electron chi connectivity index (χ0n) is 9.45. The highest BCUT2D eigenvalue weighted by atomic mass is 16.5. The normalized spacial score (nSPS) is 14.3. The van der Waals surface area contributed by atoms with E-state index in [1.165, 1.54) is 0 Å². The lowest BCUT2D eigenvalue weighted by molar-refractivity contribution is -0.141. The van der Waals surface area contributed by atoms with E-state index in [2.05, 4.69) is 5.32 Å². The molecule has 0 radical (unpaired) electrons. The third-order valence-electron chi connectivity index (χ3n) is 2.01. The zero-order chi connectivity index (χ0) is 11.8. The minimum absolute atomic E-state index is 0.132. The molecule has 5 nitrogen and oxygen atoms in total. The van der Waals surface area contributed by atoms with Crippen molar-refractivity contribution in [3.05, 3.63) is 0 Å². The van der Waals surface area contributed by atoms with Gasteiger partial charge in [0.25, 0.3) is 0 Å². The first-order valence-electron chi connectivity index (χ1n) is 4.95. The number of methoxy groups -OCH3 is 1. The third kappa shape index (κ3) is 6.90. The number of rotatable bonds is 7. The second-order valence-electron chi connectivity index (χ2n) is 3.81. The summed E-state index contributed by atoms with van der Waals surface area (Å²) in [5.41, 5.74) is 0. The van der Waals surface area contributed by atoms with Gasteiger partial charge in [0.1, 0.15) is 0 Å². The molecule has 1 amide bonds. The lowest BCUT2D eigenvalue weighted by Gasteiger charge is -2.11. The van der Waals surface area contributed by atoms with Crippen molar-refractivity contribution in [2.75, 3.05) is 20.3 Å². The van der Waals surface area contributed by atoms with Crippen LogP contribution in [0.1, 0.15) is 20.3 Å². The second-order valence-corrected chi connectivity index (χ2v) is 3.81. The van der Waals surface area contributed by atoms with Gasteiger partial charge in [-0.25, -0.2) is 0 Å². The topological polar surface area (TPSA) is 75.6 Å². The van der Waals surface area contributed by atoms with Crippen molar-refractivity contribution >= 4 is 11.9 Å². The average molecular weight is 217 g/mol. The molecule has 0 heterocycles. The molecule has 0 aliphatic rings. The highest BCUT2D eigenvalue weighted by molar-refractivity contribution is 5.77. The predicted octanol–water partition coefficient (Wildman–Crippen LogP) is 0.496. The van der Waals surface area contributed by atoms with E-state index in [1.54, 1.807) is 14.0 Å². The molecule has 0 aromatic carbocycles. The van der Waals surface area contributed by atoms with Gasteiger partial charge in [0.15, 0.2) is 0 Å². The molecule has 0 rings (SSSR count). The van der Waals surface area contributed by atoms with Crippen molar-refractivity contribution in [3.63, 3.8) is 0 Å². The molecule has 0 aliphatic heterocycles. The van der Waals surface area contributed by atoms with Gasteiger partial charge in [-0.2, -0.15) is 0 Å². The first-order chi connectivity index (χ1) is 6.97. The fourth-order valence-corrected chi connectivity index (χ4v) is 1.09. The van der Waals surface area contributed by atoms with Gasteiger partial charge >= 0.3 is 5.97 Å². The molecule has 15 heavy (non-hydrogen) atoms. The Morgan fingerprint density at radius 3 is 2.47 bits per heavy atom. The van der Waals surface area contributed by atoms with Crippen LogP contribution in [0, 0.1) is 11.8 Å². The molecule has 0 aliphatic carbocycles. The number of hydrogen-bond donors (Lipinski definition) is 2. The van der Waals surface area contributed by atoms with Crippen LogP contribution in [0.2, 0.25) is 0 Å². The van der Waals surface area contributed by atoms with Crippen molar-refractivity contribution in [1.29, 1.82) is 0 Å². The number of aliphatic carboxylic acids is 1. The molecule has 2 atom stereocenters. The molecule has 0 spiro atoms. The summed E-state index contributed by atoms with van der Waals surface area (Å²) in [5, 5.41) is 11.2. The Morgan fingerprint density at radius 1 is 1.40 bits per heavy atom. The number of amides is 1. The molecule has 5 heteroatoms. The quantitative estimate of drug-likeness (QED) is 0.651. The summed E-state index contributed by atoms with van der Waals surface area (Å²) in [6.45, 7) is 4.17. The number of ether oxygens (including phenoxy) is 1. The smallest absolute Gasteiger partial charge is 0.308 e. The number of carboxylic acid groups (broad SMARTS) is 1. The van der Waals surface area contributed by atoms with Gasteiger partial charge in [0, 0.05) is 26.7 Å². The van der Waals surface area contributed by atoms with E-state index in [4.69, 9.17) is 9.84 Å². The standard InChI is InChI=1S/C10H19NO4/c1-7(6-15-3)4-9(12)11-5-8(2)10(13)14/h7-8H,4-6H2,1-3H3,(H,11,12)(H,13,14). The van der Waals surface area contributed by atoms with Crippen LogP contribution in [-0.2, 0) is 14.3 Å². The highest BCUT2D eigenvalue weighted by Crippen LogP contribution is 2.01. The van der Waals surface area contributed by atoms with Crippen molar-refractivity contribution in [3.8, 4) is 0 Å². The maximum atomic E-state index is 11.3. The van der Waals surface area contributed by atoms with Gasteiger partial charge in [0.05, 0.1) is 5.92 Å². The summed E-state index contributed by atoms with van der Waals surface area (Å²) >= 11 is 0. The first-order valence-corrected chi connectivity index (χ1v) is 4.95. The number of carbonyl (C=O) groups excluding carboxylic acids is 1. The van der Waals surface area contributed by atoms with Crippen LogP contribution in [0.3, 0.4) is 0 Å². The zero-order valence-corrected chi connectivity index (χ0v) is 9.45. The SMILES string of the molecule is COCC(C)CC(=O)NCC(C)C(=O)O. The maximum Gasteiger partial charge on any atom is 0.308 e.